The monoisotopic (exact) mass is 254 g/mol. The SMILES string of the molecule is CCCCCC(C)n1c(O)c(CC)c(=O)[nH]c1=O. The van der Waals surface area contributed by atoms with Crippen molar-refractivity contribution in [2.45, 2.75) is 58.9 Å². The highest BCUT2D eigenvalue weighted by atomic mass is 16.3. The summed E-state index contributed by atoms with van der Waals surface area (Å²) in [5, 5.41) is 10.0. The van der Waals surface area contributed by atoms with Crippen molar-refractivity contribution >= 4 is 0 Å². The molecule has 102 valence electrons. The third-order valence-corrected chi connectivity index (χ3v) is 3.23. The number of nitrogens with zero attached hydrogens (tertiary/aromatic N) is 1. The van der Waals surface area contributed by atoms with Gasteiger partial charge >= 0.3 is 5.69 Å². The lowest BCUT2D eigenvalue weighted by Gasteiger charge is -2.17. The predicted molar refractivity (Wildman–Crippen MR) is 71.2 cm³/mol. The van der Waals surface area contributed by atoms with Crippen LogP contribution in [0.4, 0.5) is 0 Å². The number of aromatic amines is 1. The van der Waals surface area contributed by atoms with Gasteiger partial charge in [-0.1, -0.05) is 33.1 Å². The summed E-state index contributed by atoms with van der Waals surface area (Å²) in [4.78, 5) is 25.5. The van der Waals surface area contributed by atoms with Crippen molar-refractivity contribution in [2.24, 2.45) is 0 Å². The highest BCUT2D eigenvalue weighted by Gasteiger charge is 2.16. The lowest BCUT2D eigenvalue weighted by molar-refractivity contribution is 0.351. The van der Waals surface area contributed by atoms with E-state index in [4.69, 9.17) is 0 Å². The maximum absolute atomic E-state index is 11.8. The molecule has 5 heteroatoms. The maximum atomic E-state index is 11.8. The zero-order valence-electron chi connectivity index (χ0n) is 11.3. The summed E-state index contributed by atoms with van der Waals surface area (Å²) in [6.45, 7) is 5.78. The number of hydrogen-bond acceptors (Lipinski definition) is 3. The van der Waals surface area contributed by atoms with E-state index in [1.807, 2.05) is 6.92 Å². The summed E-state index contributed by atoms with van der Waals surface area (Å²) in [7, 11) is 0. The fraction of sp³-hybridized carbons (Fsp3) is 0.692. The molecule has 1 aromatic heterocycles. The highest BCUT2D eigenvalue weighted by molar-refractivity contribution is 5.22. The van der Waals surface area contributed by atoms with Gasteiger partial charge in [0.25, 0.3) is 5.56 Å². The van der Waals surface area contributed by atoms with E-state index in [1.165, 1.54) is 4.57 Å². The molecule has 18 heavy (non-hydrogen) atoms. The molecule has 0 saturated carbocycles. The molecule has 5 nitrogen and oxygen atoms in total. The minimum absolute atomic E-state index is 0.105. The molecule has 0 aliphatic carbocycles. The van der Waals surface area contributed by atoms with Crippen molar-refractivity contribution in [1.82, 2.24) is 9.55 Å². The van der Waals surface area contributed by atoms with Crippen LogP contribution in [0.3, 0.4) is 0 Å². The van der Waals surface area contributed by atoms with Gasteiger partial charge in [0, 0.05) is 6.04 Å². The molecule has 0 saturated heterocycles. The van der Waals surface area contributed by atoms with E-state index >= 15 is 0 Å². The van der Waals surface area contributed by atoms with Gasteiger partial charge in [0.05, 0.1) is 5.56 Å². The maximum Gasteiger partial charge on any atom is 0.331 e. The van der Waals surface area contributed by atoms with Gasteiger partial charge < -0.3 is 5.11 Å². The third-order valence-electron chi connectivity index (χ3n) is 3.23. The van der Waals surface area contributed by atoms with Gasteiger partial charge in [0.15, 0.2) is 0 Å². The Morgan fingerprint density at radius 2 is 1.94 bits per heavy atom. The lowest BCUT2D eigenvalue weighted by Crippen LogP contribution is -2.33. The van der Waals surface area contributed by atoms with E-state index in [1.54, 1.807) is 6.92 Å². The average Bonchev–Trinajstić information content (AvgIpc) is 2.29. The van der Waals surface area contributed by atoms with E-state index < -0.39 is 11.2 Å². The number of nitrogens with one attached hydrogen (secondary N) is 1. The zero-order chi connectivity index (χ0) is 13.7. The first-order valence-corrected chi connectivity index (χ1v) is 6.59. The van der Waals surface area contributed by atoms with Crippen LogP contribution < -0.4 is 11.2 Å². The summed E-state index contributed by atoms with van der Waals surface area (Å²) in [6, 6.07) is -0.105. The van der Waals surface area contributed by atoms with Crippen LogP contribution in [0.15, 0.2) is 9.59 Å². The van der Waals surface area contributed by atoms with Crippen molar-refractivity contribution < 1.29 is 5.11 Å². The molecule has 0 aliphatic rings. The highest BCUT2D eigenvalue weighted by Crippen LogP contribution is 2.20. The second-order valence-electron chi connectivity index (χ2n) is 4.63. The van der Waals surface area contributed by atoms with Gasteiger partial charge in [-0.15, -0.1) is 0 Å². The Kier molecular flexibility index (Phi) is 5.19. The average molecular weight is 254 g/mol. The van der Waals surface area contributed by atoms with Crippen LogP contribution in [-0.2, 0) is 6.42 Å². The Morgan fingerprint density at radius 3 is 2.50 bits per heavy atom. The topological polar surface area (TPSA) is 75.1 Å². The molecule has 1 unspecified atom stereocenters. The normalized spacial score (nSPS) is 12.6. The van der Waals surface area contributed by atoms with E-state index in [0.717, 1.165) is 25.7 Å². The van der Waals surface area contributed by atoms with Gasteiger partial charge in [0.2, 0.25) is 5.88 Å². The largest absolute Gasteiger partial charge is 0.494 e. The second kappa shape index (κ2) is 6.42. The number of unbranched alkanes of at least 4 members (excludes halogenated alkanes) is 2. The molecule has 1 aromatic rings. The zero-order valence-corrected chi connectivity index (χ0v) is 11.3. The molecule has 0 bridgehead atoms. The van der Waals surface area contributed by atoms with Gasteiger partial charge in [-0.25, -0.2) is 4.79 Å². The van der Waals surface area contributed by atoms with Gasteiger partial charge in [-0.3, -0.25) is 14.3 Å². The Labute approximate surface area is 106 Å². The molecule has 0 amide bonds. The van der Waals surface area contributed by atoms with Crippen LogP contribution in [-0.4, -0.2) is 14.7 Å². The number of rotatable bonds is 6. The molecule has 0 aliphatic heterocycles. The molecule has 0 spiro atoms. The molecular weight excluding hydrogens is 232 g/mol. The summed E-state index contributed by atoms with van der Waals surface area (Å²) in [6.07, 6.45) is 4.44. The molecule has 0 fully saturated rings. The van der Waals surface area contributed by atoms with Crippen LogP contribution in [0.25, 0.3) is 0 Å². The van der Waals surface area contributed by atoms with Gasteiger partial charge in [-0.05, 0) is 19.8 Å². The van der Waals surface area contributed by atoms with Crippen molar-refractivity contribution in [3.05, 3.63) is 26.4 Å². The van der Waals surface area contributed by atoms with E-state index in [2.05, 4.69) is 11.9 Å². The minimum Gasteiger partial charge on any atom is -0.494 e. The standard InChI is InChI=1S/C13H22N2O3/c1-4-6-7-8-9(3)15-12(17)10(5-2)11(16)14-13(15)18/h9,17H,4-8H2,1-3H3,(H,14,16,18). The van der Waals surface area contributed by atoms with Crippen LogP contribution in [0.5, 0.6) is 5.88 Å². The summed E-state index contributed by atoms with van der Waals surface area (Å²) in [5.41, 5.74) is -0.743. The molecule has 1 rings (SSSR count). The van der Waals surface area contributed by atoms with Crippen molar-refractivity contribution in [1.29, 1.82) is 0 Å². The van der Waals surface area contributed by atoms with Crippen molar-refractivity contribution in [2.75, 3.05) is 0 Å². The fourth-order valence-corrected chi connectivity index (χ4v) is 2.12. The molecular formula is C13H22N2O3. The second-order valence-corrected chi connectivity index (χ2v) is 4.63. The van der Waals surface area contributed by atoms with E-state index in [9.17, 15) is 14.7 Å². The molecule has 2 N–H and O–H groups in total. The quantitative estimate of drug-likeness (QED) is 0.762. The third kappa shape index (κ3) is 3.03. The number of H-pyrrole nitrogens is 1. The number of aromatic nitrogens is 2. The predicted octanol–water partition coefficient (Wildman–Crippen LogP) is 1.95. The summed E-state index contributed by atoms with van der Waals surface area (Å²) < 4.78 is 1.29. The molecule has 0 aromatic carbocycles. The Hall–Kier alpha value is -1.52. The molecule has 0 radical (unpaired) electrons. The van der Waals surface area contributed by atoms with E-state index in [-0.39, 0.29) is 17.5 Å². The minimum atomic E-state index is -0.529. The van der Waals surface area contributed by atoms with Crippen molar-refractivity contribution in [3.63, 3.8) is 0 Å². The first-order chi connectivity index (χ1) is 8.52. The summed E-state index contributed by atoms with van der Waals surface area (Å²) >= 11 is 0. The van der Waals surface area contributed by atoms with Crippen LogP contribution in [0, 0.1) is 0 Å². The van der Waals surface area contributed by atoms with E-state index in [0.29, 0.717) is 6.42 Å². The van der Waals surface area contributed by atoms with Gasteiger partial charge in [-0.2, -0.15) is 0 Å². The van der Waals surface area contributed by atoms with Crippen LogP contribution >= 0.6 is 0 Å². The fourth-order valence-electron chi connectivity index (χ4n) is 2.12. The Morgan fingerprint density at radius 1 is 1.28 bits per heavy atom. The number of aromatic hydroxyl groups is 1. The molecule has 1 heterocycles. The van der Waals surface area contributed by atoms with Gasteiger partial charge in [0.1, 0.15) is 0 Å². The number of hydrogen-bond donors (Lipinski definition) is 2. The Balaban J connectivity index is 3.08. The first kappa shape index (κ1) is 14.5. The Bertz CT molecular complexity index is 502. The van der Waals surface area contributed by atoms with Crippen molar-refractivity contribution in [3.8, 4) is 5.88 Å². The van der Waals surface area contributed by atoms with Crippen LogP contribution in [0.2, 0.25) is 0 Å². The summed E-state index contributed by atoms with van der Waals surface area (Å²) in [5.74, 6) is -0.185. The molecule has 1 atom stereocenters. The van der Waals surface area contributed by atoms with Crippen LogP contribution in [0.1, 0.15) is 58.1 Å². The first-order valence-electron chi connectivity index (χ1n) is 6.59. The lowest BCUT2D eigenvalue weighted by atomic mass is 10.1. The smallest absolute Gasteiger partial charge is 0.331 e.